The fourth-order valence-corrected chi connectivity index (χ4v) is 3.42. The third-order valence-electron chi connectivity index (χ3n) is 4.50. The Balaban J connectivity index is 1.64. The number of imide groups is 2. The number of nitrogens with one attached hydrogen (secondary N) is 1. The van der Waals surface area contributed by atoms with Crippen molar-refractivity contribution >= 4 is 51.4 Å². The molecule has 1 N–H and O–H groups in total. The number of amides is 4. The van der Waals surface area contributed by atoms with Crippen LogP contribution in [0.2, 0.25) is 0 Å². The lowest BCUT2D eigenvalue weighted by Gasteiger charge is -2.26. The van der Waals surface area contributed by atoms with Crippen LogP contribution < -0.4 is 15.1 Å². The van der Waals surface area contributed by atoms with Crippen LogP contribution in [0.3, 0.4) is 0 Å². The van der Waals surface area contributed by atoms with Gasteiger partial charge in [-0.25, -0.2) is 9.69 Å². The maximum Gasteiger partial charge on any atom is 0.335 e. The van der Waals surface area contributed by atoms with E-state index in [0.29, 0.717) is 17.3 Å². The standard InChI is InChI=1S/C19H16BrN3O4/c20-12-3-5-13(6-4-12)23-18(25)15(17(24)21-19(23)26)11-14-7-8-16(27-14)22-9-1-2-10-22/h3-8,11H,1-2,9-10H2,(H,21,24,26)/b15-11-. The van der Waals surface area contributed by atoms with Gasteiger partial charge in [0.25, 0.3) is 11.8 Å². The maximum absolute atomic E-state index is 12.8. The average molecular weight is 430 g/mol. The first kappa shape index (κ1) is 17.5. The highest BCUT2D eigenvalue weighted by Gasteiger charge is 2.37. The van der Waals surface area contributed by atoms with Crippen molar-refractivity contribution in [3.63, 3.8) is 0 Å². The first-order valence-corrected chi connectivity index (χ1v) is 9.34. The van der Waals surface area contributed by atoms with E-state index < -0.39 is 17.8 Å². The van der Waals surface area contributed by atoms with Crippen molar-refractivity contribution in [2.75, 3.05) is 22.9 Å². The van der Waals surface area contributed by atoms with Gasteiger partial charge in [-0.3, -0.25) is 14.9 Å². The molecule has 2 aliphatic heterocycles. The SMILES string of the molecule is O=C1NC(=O)N(c2ccc(Br)cc2)C(=O)/C1=C\c1ccc(N2CCCC2)o1. The van der Waals surface area contributed by atoms with Gasteiger partial charge in [-0.2, -0.15) is 0 Å². The Bertz CT molecular complexity index is 942. The number of urea groups is 1. The van der Waals surface area contributed by atoms with E-state index in [0.717, 1.165) is 35.3 Å². The number of hydrogen-bond acceptors (Lipinski definition) is 5. The summed E-state index contributed by atoms with van der Waals surface area (Å²) in [4.78, 5) is 40.2. The van der Waals surface area contributed by atoms with E-state index in [4.69, 9.17) is 4.42 Å². The molecule has 27 heavy (non-hydrogen) atoms. The second kappa shape index (κ2) is 7.03. The summed E-state index contributed by atoms with van der Waals surface area (Å²) in [5.41, 5.74) is 0.219. The molecular weight excluding hydrogens is 414 g/mol. The number of rotatable bonds is 3. The van der Waals surface area contributed by atoms with Gasteiger partial charge < -0.3 is 9.32 Å². The summed E-state index contributed by atoms with van der Waals surface area (Å²) in [5, 5.41) is 2.20. The van der Waals surface area contributed by atoms with E-state index in [-0.39, 0.29) is 5.57 Å². The zero-order valence-corrected chi connectivity index (χ0v) is 15.9. The number of carbonyl (C=O) groups is 3. The van der Waals surface area contributed by atoms with E-state index >= 15 is 0 Å². The first-order chi connectivity index (χ1) is 13.0. The summed E-state index contributed by atoms with van der Waals surface area (Å²) in [6.07, 6.45) is 3.60. The monoisotopic (exact) mass is 429 g/mol. The Morgan fingerprint density at radius 2 is 1.70 bits per heavy atom. The lowest BCUT2D eigenvalue weighted by atomic mass is 10.1. The van der Waals surface area contributed by atoms with Crippen molar-refractivity contribution in [1.82, 2.24) is 5.32 Å². The number of halogens is 1. The molecule has 2 aromatic rings. The van der Waals surface area contributed by atoms with Gasteiger partial charge in [0.1, 0.15) is 11.3 Å². The number of carbonyl (C=O) groups excluding carboxylic acids is 3. The molecule has 8 heteroatoms. The van der Waals surface area contributed by atoms with Gasteiger partial charge in [0, 0.05) is 23.6 Å². The van der Waals surface area contributed by atoms with Gasteiger partial charge in [0.2, 0.25) is 0 Å². The summed E-state index contributed by atoms with van der Waals surface area (Å²) >= 11 is 3.31. The molecule has 2 saturated heterocycles. The van der Waals surface area contributed by atoms with E-state index in [1.807, 2.05) is 6.07 Å². The lowest BCUT2D eigenvalue weighted by Crippen LogP contribution is -2.54. The smallest absolute Gasteiger partial charge is 0.335 e. The molecule has 3 heterocycles. The minimum atomic E-state index is -0.776. The molecule has 0 atom stereocenters. The van der Waals surface area contributed by atoms with Gasteiger partial charge in [-0.1, -0.05) is 15.9 Å². The first-order valence-electron chi connectivity index (χ1n) is 8.55. The highest BCUT2D eigenvalue weighted by molar-refractivity contribution is 9.10. The zero-order chi connectivity index (χ0) is 19.0. The number of anilines is 2. The normalized spacial score (nSPS) is 19.1. The summed E-state index contributed by atoms with van der Waals surface area (Å²) in [7, 11) is 0. The Hall–Kier alpha value is -2.87. The minimum Gasteiger partial charge on any atom is -0.441 e. The van der Waals surface area contributed by atoms with Crippen molar-refractivity contribution < 1.29 is 18.8 Å². The number of benzene rings is 1. The minimum absolute atomic E-state index is 0.153. The Morgan fingerprint density at radius 1 is 1.00 bits per heavy atom. The van der Waals surface area contributed by atoms with E-state index in [1.54, 1.807) is 30.3 Å². The molecule has 2 fully saturated rings. The fourth-order valence-electron chi connectivity index (χ4n) is 3.15. The summed E-state index contributed by atoms with van der Waals surface area (Å²) < 4.78 is 6.57. The van der Waals surface area contributed by atoms with Crippen LogP contribution in [0.25, 0.3) is 6.08 Å². The van der Waals surface area contributed by atoms with E-state index in [1.165, 1.54) is 6.08 Å². The maximum atomic E-state index is 12.8. The van der Waals surface area contributed by atoms with Crippen LogP contribution in [0.4, 0.5) is 16.4 Å². The van der Waals surface area contributed by atoms with Crippen molar-refractivity contribution in [3.05, 3.63) is 52.2 Å². The molecule has 0 saturated carbocycles. The lowest BCUT2D eigenvalue weighted by molar-refractivity contribution is -0.122. The quantitative estimate of drug-likeness (QED) is 0.597. The van der Waals surface area contributed by atoms with E-state index in [2.05, 4.69) is 26.1 Å². The third-order valence-corrected chi connectivity index (χ3v) is 5.03. The van der Waals surface area contributed by atoms with Crippen molar-refractivity contribution in [2.45, 2.75) is 12.8 Å². The number of barbiturate groups is 1. The van der Waals surface area contributed by atoms with Gasteiger partial charge in [-0.05, 0) is 49.2 Å². The Kier molecular flexibility index (Phi) is 4.57. The van der Waals surface area contributed by atoms with Gasteiger partial charge in [0.05, 0.1) is 5.69 Å². The van der Waals surface area contributed by atoms with Crippen LogP contribution >= 0.6 is 15.9 Å². The number of furan rings is 1. The third kappa shape index (κ3) is 3.40. The molecule has 7 nitrogen and oxygen atoms in total. The van der Waals surface area contributed by atoms with E-state index in [9.17, 15) is 14.4 Å². The van der Waals surface area contributed by atoms with Gasteiger partial charge >= 0.3 is 6.03 Å². The topological polar surface area (TPSA) is 82.9 Å². The summed E-state index contributed by atoms with van der Waals surface area (Å²) in [6, 6.07) is 9.42. The molecule has 2 aliphatic rings. The van der Waals surface area contributed by atoms with Crippen molar-refractivity contribution in [2.24, 2.45) is 0 Å². The molecule has 4 rings (SSSR count). The molecule has 138 valence electrons. The average Bonchev–Trinajstić information content (AvgIpc) is 3.31. The van der Waals surface area contributed by atoms with Crippen LogP contribution in [0.1, 0.15) is 18.6 Å². The number of hydrogen-bond donors (Lipinski definition) is 1. The van der Waals surface area contributed by atoms with Gasteiger partial charge in [-0.15, -0.1) is 0 Å². The highest BCUT2D eigenvalue weighted by Crippen LogP contribution is 2.26. The molecule has 0 radical (unpaired) electrons. The van der Waals surface area contributed by atoms with Crippen LogP contribution in [0.15, 0.2) is 50.9 Å². The Morgan fingerprint density at radius 3 is 2.41 bits per heavy atom. The second-order valence-corrected chi connectivity index (χ2v) is 7.22. The Labute approximate surface area is 163 Å². The molecule has 1 aromatic heterocycles. The zero-order valence-electron chi connectivity index (χ0n) is 14.3. The predicted octanol–water partition coefficient (Wildman–Crippen LogP) is 3.31. The van der Waals surface area contributed by atoms with Crippen LogP contribution in [-0.2, 0) is 9.59 Å². The largest absolute Gasteiger partial charge is 0.441 e. The molecule has 0 spiro atoms. The number of nitrogens with zero attached hydrogens (tertiary/aromatic N) is 2. The summed E-state index contributed by atoms with van der Waals surface area (Å²) in [5.74, 6) is -0.327. The highest BCUT2D eigenvalue weighted by atomic mass is 79.9. The molecule has 0 aliphatic carbocycles. The van der Waals surface area contributed by atoms with Crippen molar-refractivity contribution in [1.29, 1.82) is 0 Å². The van der Waals surface area contributed by atoms with Crippen LogP contribution in [0, 0.1) is 0 Å². The van der Waals surface area contributed by atoms with Gasteiger partial charge in [0.15, 0.2) is 5.88 Å². The fraction of sp³-hybridized carbons (Fsp3) is 0.211. The molecule has 0 bridgehead atoms. The van der Waals surface area contributed by atoms with Crippen LogP contribution in [-0.4, -0.2) is 30.9 Å². The van der Waals surface area contributed by atoms with Crippen LogP contribution in [0.5, 0.6) is 0 Å². The molecule has 0 unspecified atom stereocenters. The molecule has 1 aromatic carbocycles. The summed E-state index contributed by atoms with van der Waals surface area (Å²) in [6.45, 7) is 1.85. The molecular formula is C19H16BrN3O4. The molecule has 4 amide bonds. The van der Waals surface area contributed by atoms with Crippen molar-refractivity contribution in [3.8, 4) is 0 Å². The second-order valence-electron chi connectivity index (χ2n) is 6.30. The predicted molar refractivity (Wildman–Crippen MR) is 103 cm³/mol.